The Morgan fingerprint density at radius 1 is 0.417 bits per heavy atom. The molecule has 0 saturated carbocycles. The number of phosphoric acid groups is 1. The molecule has 0 bridgehead atoms. The summed E-state index contributed by atoms with van der Waals surface area (Å²) >= 11 is 0. The van der Waals surface area contributed by atoms with Crippen LogP contribution < -0.4 is 5.32 Å². The SMILES string of the molecule is CC/C=C\C/C=C\C/C=C\C/C=C\C/C=C\CCCCCCCCCCCCCCCCCCCCCC(=O)NC(COP(=O)(O)OCC[N+](C)(C)C)C(O)/C=C/CCCCCCCCCCCCCCCCCCCCCCCCCCC. The molecular weight excluding hydrogens is 1060 g/mol. The molecule has 0 aliphatic rings. The zero-order chi connectivity index (χ0) is 61.2. The van der Waals surface area contributed by atoms with Gasteiger partial charge in [-0.3, -0.25) is 13.8 Å². The number of hydrogen-bond acceptors (Lipinski definition) is 5. The lowest BCUT2D eigenvalue weighted by molar-refractivity contribution is -0.870. The molecule has 0 spiro atoms. The number of aliphatic hydroxyl groups excluding tert-OH is 1. The fourth-order valence-electron chi connectivity index (χ4n) is 10.8. The van der Waals surface area contributed by atoms with Crippen LogP contribution in [0.5, 0.6) is 0 Å². The van der Waals surface area contributed by atoms with E-state index in [0.717, 1.165) is 70.6 Å². The zero-order valence-electron chi connectivity index (χ0n) is 56.4. The summed E-state index contributed by atoms with van der Waals surface area (Å²) in [6.45, 7) is 4.75. The number of phosphoric ester groups is 1. The van der Waals surface area contributed by atoms with Gasteiger partial charge in [0, 0.05) is 6.42 Å². The number of allylic oxidation sites excluding steroid dienone is 11. The van der Waals surface area contributed by atoms with Crippen LogP contribution >= 0.6 is 7.82 Å². The van der Waals surface area contributed by atoms with Gasteiger partial charge in [0.05, 0.1) is 39.9 Å². The maximum atomic E-state index is 13.1. The Kier molecular flexibility index (Phi) is 63.8. The standard InChI is InChI=1S/C75H141N2O6P/c1-6-8-10-12-14-16-18-20-22-24-26-28-30-32-34-35-36-37-38-39-40-41-43-45-47-49-51-53-55-57-59-61-63-65-67-69-75(79)76-73(72-83-84(80,81)82-71-70-77(3,4)5)74(78)68-66-64-62-60-58-56-54-52-50-48-46-44-42-33-31-29-27-25-23-21-19-17-15-13-11-9-7-2/h8,10,14,16,20,22,26,28,32,34,66,68,73-74,78H,6-7,9,11-13,15,17-19,21,23-25,27,29-31,33,35-65,67,69-72H2,1-5H3,(H-,76,79,80,81)/p+1/b10-8-,16-14-,22-20-,28-26-,34-32-,68-66+. The Bertz CT molecular complexity index is 1600. The normalized spacial score (nSPS) is 14.0. The summed E-state index contributed by atoms with van der Waals surface area (Å²) < 4.78 is 23.8. The lowest BCUT2D eigenvalue weighted by Gasteiger charge is -2.25. The Morgan fingerprint density at radius 3 is 1.05 bits per heavy atom. The van der Waals surface area contributed by atoms with E-state index in [0.29, 0.717) is 17.4 Å². The second kappa shape index (κ2) is 65.4. The summed E-state index contributed by atoms with van der Waals surface area (Å²) in [6, 6.07) is -0.849. The number of carbonyl (C=O) groups is 1. The van der Waals surface area contributed by atoms with E-state index < -0.39 is 20.0 Å². The second-order valence-corrected chi connectivity index (χ2v) is 27.4. The molecule has 492 valence electrons. The third-order valence-corrected chi connectivity index (χ3v) is 17.4. The van der Waals surface area contributed by atoms with Crippen molar-refractivity contribution < 1.29 is 32.9 Å². The molecule has 0 aromatic carbocycles. The highest BCUT2D eigenvalue weighted by Crippen LogP contribution is 2.43. The van der Waals surface area contributed by atoms with Crippen LogP contribution in [0.3, 0.4) is 0 Å². The predicted octanol–water partition coefficient (Wildman–Crippen LogP) is 23.3. The quantitative estimate of drug-likeness (QED) is 0.0243. The molecule has 0 aromatic rings. The van der Waals surface area contributed by atoms with Gasteiger partial charge in [-0.15, -0.1) is 0 Å². The van der Waals surface area contributed by atoms with Gasteiger partial charge in [-0.1, -0.05) is 350 Å². The van der Waals surface area contributed by atoms with E-state index in [4.69, 9.17) is 9.05 Å². The van der Waals surface area contributed by atoms with Crippen molar-refractivity contribution in [3.05, 3.63) is 72.9 Å². The van der Waals surface area contributed by atoms with Crippen molar-refractivity contribution in [1.29, 1.82) is 0 Å². The Hall–Kier alpha value is -2.06. The zero-order valence-corrected chi connectivity index (χ0v) is 57.3. The van der Waals surface area contributed by atoms with Crippen molar-refractivity contribution >= 4 is 13.7 Å². The number of quaternary nitrogens is 1. The summed E-state index contributed by atoms with van der Waals surface area (Å²) in [6.07, 6.45) is 92.0. The number of amides is 1. The minimum absolute atomic E-state index is 0.0617. The number of carbonyl (C=O) groups excluding carboxylic acids is 1. The number of aliphatic hydroxyl groups is 1. The van der Waals surface area contributed by atoms with Gasteiger partial charge in [-0.2, -0.15) is 0 Å². The van der Waals surface area contributed by atoms with Gasteiger partial charge in [0.1, 0.15) is 13.2 Å². The molecule has 3 N–H and O–H groups in total. The van der Waals surface area contributed by atoms with E-state index in [1.54, 1.807) is 6.08 Å². The molecule has 3 unspecified atom stereocenters. The number of hydrogen-bond donors (Lipinski definition) is 3. The molecule has 0 saturated heterocycles. The van der Waals surface area contributed by atoms with Gasteiger partial charge >= 0.3 is 7.82 Å². The molecule has 0 aromatic heterocycles. The molecule has 0 rings (SSSR count). The van der Waals surface area contributed by atoms with Crippen LogP contribution in [0, 0.1) is 0 Å². The van der Waals surface area contributed by atoms with Crippen molar-refractivity contribution in [2.75, 3.05) is 40.9 Å². The van der Waals surface area contributed by atoms with E-state index in [2.05, 4.69) is 79.9 Å². The molecule has 0 aliphatic heterocycles. The van der Waals surface area contributed by atoms with Gasteiger partial charge in [-0.05, 0) is 64.2 Å². The van der Waals surface area contributed by atoms with Gasteiger partial charge in [0.15, 0.2) is 0 Å². The van der Waals surface area contributed by atoms with Crippen LogP contribution in [-0.2, 0) is 18.4 Å². The first-order valence-electron chi connectivity index (χ1n) is 36.3. The molecule has 0 heterocycles. The summed E-state index contributed by atoms with van der Waals surface area (Å²) in [5, 5.41) is 14.0. The predicted molar refractivity (Wildman–Crippen MR) is 369 cm³/mol. The second-order valence-electron chi connectivity index (χ2n) is 25.9. The molecule has 0 radical (unpaired) electrons. The first-order valence-corrected chi connectivity index (χ1v) is 37.8. The molecule has 3 atom stereocenters. The third-order valence-electron chi connectivity index (χ3n) is 16.4. The van der Waals surface area contributed by atoms with Crippen molar-refractivity contribution in [3.63, 3.8) is 0 Å². The Balaban J connectivity index is 4.02. The lowest BCUT2D eigenvalue weighted by atomic mass is 10.0. The maximum absolute atomic E-state index is 13.1. The van der Waals surface area contributed by atoms with Crippen LogP contribution in [0.15, 0.2) is 72.9 Å². The van der Waals surface area contributed by atoms with Crippen LogP contribution in [0.25, 0.3) is 0 Å². The van der Waals surface area contributed by atoms with E-state index in [9.17, 15) is 19.4 Å². The summed E-state index contributed by atoms with van der Waals surface area (Å²) in [7, 11) is 1.58. The maximum Gasteiger partial charge on any atom is 0.472 e. The minimum atomic E-state index is -4.36. The summed E-state index contributed by atoms with van der Waals surface area (Å²) in [4.78, 5) is 23.4. The van der Waals surface area contributed by atoms with Gasteiger partial charge in [0.2, 0.25) is 5.91 Å². The number of nitrogens with zero attached hydrogens (tertiary/aromatic N) is 1. The van der Waals surface area contributed by atoms with Gasteiger partial charge in [0.25, 0.3) is 0 Å². The molecule has 84 heavy (non-hydrogen) atoms. The summed E-state index contributed by atoms with van der Waals surface area (Å²) in [5.41, 5.74) is 0. The molecule has 0 fully saturated rings. The summed E-state index contributed by atoms with van der Waals surface area (Å²) in [5.74, 6) is -0.172. The van der Waals surface area contributed by atoms with Crippen molar-refractivity contribution in [3.8, 4) is 0 Å². The average molecular weight is 1200 g/mol. The number of likely N-dealkylation sites (N-methyl/N-ethyl adjacent to an activating group) is 1. The van der Waals surface area contributed by atoms with E-state index in [1.165, 1.54) is 257 Å². The topological polar surface area (TPSA) is 105 Å². The first kappa shape index (κ1) is 81.9. The number of nitrogens with one attached hydrogen (secondary N) is 1. The van der Waals surface area contributed by atoms with E-state index in [-0.39, 0.29) is 19.1 Å². The minimum Gasteiger partial charge on any atom is -0.387 e. The van der Waals surface area contributed by atoms with Gasteiger partial charge in [-0.25, -0.2) is 4.57 Å². The fraction of sp³-hybridized carbons (Fsp3) is 0.827. The monoisotopic (exact) mass is 1200 g/mol. The molecular formula is C75H142N2O6P+. The van der Waals surface area contributed by atoms with Crippen LogP contribution in [0.2, 0.25) is 0 Å². The van der Waals surface area contributed by atoms with Crippen LogP contribution in [0.1, 0.15) is 348 Å². The molecule has 1 amide bonds. The van der Waals surface area contributed by atoms with E-state index >= 15 is 0 Å². The Labute approximate surface area is 523 Å². The van der Waals surface area contributed by atoms with Crippen molar-refractivity contribution in [1.82, 2.24) is 5.32 Å². The lowest BCUT2D eigenvalue weighted by Crippen LogP contribution is -2.45. The third kappa shape index (κ3) is 67.4. The highest BCUT2D eigenvalue weighted by atomic mass is 31.2. The van der Waals surface area contributed by atoms with Crippen LogP contribution in [0.4, 0.5) is 0 Å². The van der Waals surface area contributed by atoms with Crippen molar-refractivity contribution in [2.45, 2.75) is 360 Å². The number of rotatable bonds is 67. The average Bonchev–Trinajstić information content (AvgIpc) is 3.56. The molecule has 9 heteroatoms. The fourth-order valence-corrected chi connectivity index (χ4v) is 11.6. The highest BCUT2D eigenvalue weighted by Gasteiger charge is 2.28. The van der Waals surface area contributed by atoms with Crippen LogP contribution in [-0.4, -0.2) is 73.4 Å². The van der Waals surface area contributed by atoms with Gasteiger partial charge < -0.3 is 19.8 Å². The van der Waals surface area contributed by atoms with E-state index in [1.807, 2.05) is 27.2 Å². The Morgan fingerprint density at radius 2 is 0.714 bits per heavy atom. The first-order chi connectivity index (χ1) is 41.0. The smallest absolute Gasteiger partial charge is 0.387 e. The largest absolute Gasteiger partial charge is 0.472 e. The molecule has 8 nitrogen and oxygen atoms in total. The highest BCUT2D eigenvalue weighted by molar-refractivity contribution is 7.47. The molecule has 0 aliphatic carbocycles. The van der Waals surface area contributed by atoms with Crippen molar-refractivity contribution in [2.24, 2.45) is 0 Å². The number of unbranched alkanes of at least 4 members (excludes halogenated alkanes) is 44.